The van der Waals surface area contributed by atoms with Gasteiger partial charge in [-0.1, -0.05) is 43.6 Å². The minimum atomic E-state index is -0.300. The van der Waals surface area contributed by atoms with E-state index < -0.39 is 0 Å². The van der Waals surface area contributed by atoms with Gasteiger partial charge in [-0.2, -0.15) is 0 Å². The number of benzene rings is 2. The number of para-hydroxylation sites is 1. The van der Waals surface area contributed by atoms with Crippen LogP contribution in [-0.4, -0.2) is 36.4 Å². The second-order valence-corrected chi connectivity index (χ2v) is 7.53. The first kappa shape index (κ1) is 23.6. The number of nitrogens with one attached hydrogen (secondary N) is 2. The fourth-order valence-corrected chi connectivity index (χ4v) is 3.66. The van der Waals surface area contributed by atoms with Crippen molar-refractivity contribution in [2.75, 3.05) is 26.8 Å². The molecule has 1 aliphatic rings. The van der Waals surface area contributed by atoms with Crippen molar-refractivity contribution in [1.29, 1.82) is 0 Å². The molecule has 1 unspecified atom stereocenters. The molecule has 2 aromatic carbocycles. The van der Waals surface area contributed by atoms with Gasteiger partial charge in [0.05, 0.1) is 29.4 Å². The molecule has 6 heteroatoms. The summed E-state index contributed by atoms with van der Waals surface area (Å²) in [6, 6.07) is 11.0. The number of halogens is 2. The van der Waals surface area contributed by atoms with Gasteiger partial charge in [-0.25, -0.2) is 9.37 Å². The Morgan fingerprint density at radius 1 is 1.31 bits per heavy atom. The third-order valence-electron chi connectivity index (χ3n) is 5.41. The quantitative estimate of drug-likeness (QED) is 0.552. The normalized spacial score (nSPS) is 14.0. The monoisotopic (exact) mass is 436 g/mol. The first-order valence-electron chi connectivity index (χ1n) is 11.0. The molecule has 0 amide bonds. The van der Waals surface area contributed by atoms with E-state index in [-0.39, 0.29) is 18.5 Å². The van der Waals surface area contributed by atoms with Gasteiger partial charge in [0.25, 0.3) is 0 Å². The first-order valence-corrected chi connectivity index (χ1v) is 11.0. The van der Waals surface area contributed by atoms with Crippen molar-refractivity contribution in [3.05, 3.63) is 65.7 Å². The molecule has 3 aromatic rings. The molecule has 2 heterocycles. The lowest BCUT2D eigenvalue weighted by Gasteiger charge is -2.21. The topological polar surface area (TPSA) is 41.9 Å². The van der Waals surface area contributed by atoms with Crippen molar-refractivity contribution in [1.82, 2.24) is 20.2 Å². The summed E-state index contributed by atoms with van der Waals surface area (Å²) in [5.74, 6) is 7.45. The summed E-state index contributed by atoms with van der Waals surface area (Å²) in [5.41, 5.74) is 3.78. The van der Waals surface area contributed by atoms with Gasteiger partial charge in [0.1, 0.15) is 11.6 Å². The maximum atomic E-state index is 15.0. The molecule has 0 spiro atoms. The maximum Gasteiger partial charge on any atom is 0.147 e. The highest BCUT2D eigenvalue weighted by Gasteiger charge is 2.22. The van der Waals surface area contributed by atoms with E-state index in [2.05, 4.69) is 36.0 Å². The highest BCUT2D eigenvalue weighted by atomic mass is 19.1. The summed E-state index contributed by atoms with van der Waals surface area (Å²) in [5, 5.41) is 6.53. The molecule has 0 radical (unpaired) electrons. The van der Waals surface area contributed by atoms with Gasteiger partial charge in [0.15, 0.2) is 0 Å². The molecule has 32 heavy (non-hydrogen) atoms. The third kappa shape index (κ3) is 4.90. The second kappa shape index (κ2) is 11.0. The predicted molar refractivity (Wildman–Crippen MR) is 128 cm³/mol. The summed E-state index contributed by atoms with van der Waals surface area (Å²) in [4.78, 5) is 4.85. The minimum absolute atomic E-state index is 0.00439. The van der Waals surface area contributed by atoms with Crippen molar-refractivity contribution in [3.8, 4) is 17.5 Å². The molecule has 0 aliphatic carbocycles. The SMILES string of the molecule is C=Cc1cccc(F)c1-n1c(C(CC)NC)nc2ccc(C#CC3CNC3)cc21.CCF. The van der Waals surface area contributed by atoms with E-state index in [9.17, 15) is 4.39 Å². The summed E-state index contributed by atoms with van der Waals surface area (Å²) in [7, 11) is 1.90. The van der Waals surface area contributed by atoms with E-state index >= 15 is 4.39 Å². The average molecular weight is 437 g/mol. The van der Waals surface area contributed by atoms with Crippen LogP contribution in [0.25, 0.3) is 22.8 Å². The van der Waals surface area contributed by atoms with Crippen LogP contribution in [0.3, 0.4) is 0 Å². The number of alkyl halides is 1. The number of nitrogens with zero attached hydrogens (tertiary/aromatic N) is 2. The molecule has 0 saturated carbocycles. The van der Waals surface area contributed by atoms with Crippen molar-refractivity contribution >= 4 is 17.1 Å². The lowest BCUT2D eigenvalue weighted by atomic mass is 10.0. The molecular formula is C26H30F2N4. The van der Waals surface area contributed by atoms with Crippen molar-refractivity contribution in [2.24, 2.45) is 5.92 Å². The molecule has 1 fully saturated rings. The fraction of sp³-hybridized carbons (Fsp3) is 0.346. The van der Waals surface area contributed by atoms with Gasteiger partial charge in [-0.15, -0.1) is 0 Å². The predicted octanol–water partition coefficient (Wildman–Crippen LogP) is 5.02. The number of hydrogen-bond acceptors (Lipinski definition) is 3. The Balaban J connectivity index is 0.000000913. The Morgan fingerprint density at radius 2 is 2.06 bits per heavy atom. The highest BCUT2D eigenvalue weighted by molar-refractivity contribution is 5.81. The fourth-order valence-electron chi connectivity index (χ4n) is 3.66. The molecule has 1 saturated heterocycles. The number of aromatic nitrogens is 2. The molecule has 2 N–H and O–H groups in total. The van der Waals surface area contributed by atoms with E-state index in [0.29, 0.717) is 11.6 Å². The Kier molecular flexibility index (Phi) is 8.15. The van der Waals surface area contributed by atoms with Crippen LogP contribution in [0, 0.1) is 23.6 Å². The number of fused-ring (bicyclic) bond motifs is 1. The van der Waals surface area contributed by atoms with Gasteiger partial charge in [0.2, 0.25) is 0 Å². The van der Waals surface area contributed by atoms with Crippen LogP contribution in [0.4, 0.5) is 8.78 Å². The Morgan fingerprint density at radius 3 is 2.66 bits per heavy atom. The standard InChI is InChI=1S/C24H25FN4.C2H5F/c1-4-18-7-6-8-19(25)23(18)29-22-13-16(9-10-17-14-27-15-17)11-12-21(22)28-24(29)20(5-2)26-3;1-2-3/h4,6-8,11-13,17,20,26-27H,1,5,14-15H2,2-3H3;2H2,1H3. The van der Waals surface area contributed by atoms with Crippen LogP contribution in [-0.2, 0) is 0 Å². The summed E-state index contributed by atoms with van der Waals surface area (Å²) >= 11 is 0. The Bertz CT molecular complexity index is 1130. The zero-order valence-electron chi connectivity index (χ0n) is 18.9. The highest BCUT2D eigenvalue weighted by Crippen LogP contribution is 2.31. The maximum absolute atomic E-state index is 15.0. The molecule has 4 rings (SSSR count). The van der Waals surface area contributed by atoms with Crippen LogP contribution in [0.2, 0.25) is 0 Å². The van der Waals surface area contributed by atoms with Crippen LogP contribution in [0.15, 0.2) is 43.0 Å². The van der Waals surface area contributed by atoms with E-state index in [1.165, 1.54) is 13.0 Å². The van der Waals surface area contributed by atoms with Crippen molar-refractivity contribution in [2.45, 2.75) is 26.3 Å². The molecule has 1 aliphatic heterocycles. The lowest BCUT2D eigenvalue weighted by molar-refractivity contribution is 0.432. The van der Waals surface area contributed by atoms with Crippen LogP contribution >= 0.6 is 0 Å². The second-order valence-electron chi connectivity index (χ2n) is 7.53. The zero-order valence-corrected chi connectivity index (χ0v) is 18.9. The largest absolute Gasteiger partial charge is 0.314 e. The number of hydrogen-bond donors (Lipinski definition) is 2. The smallest absolute Gasteiger partial charge is 0.147 e. The van der Waals surface area contributed by atoms with Crippen LogP contribution < -0.4 is 10.6 Å². The Hall–Kier alpha value is -3.01. The molecular weight excluding hydrogens is 406 g/mol. The van der Waals surface area contributed by atoms with E-state index in [1.807, 2.05) is 35.9 Å². The molecule has 1 aromatic heterocycles. The molecule has 0 bridgehead atoms. The molecule has 4 nitrogen and oxygen atoms in total. The van der Waals surface area contributed by atoms with Gasteiger partial charge in [0, 0.05) is 30.1 Å². The molecule has 168 valence electrons. The lowest BCUT2D eigenvalue weighted by Crippen LogP contribution is -2.40. The van der Waals surface area contributed by atoms with Crippen molar-refractivity contribution < 1.29 is 8.78 Å². The Labute approximate surface area is 188 Å². The third-order valence-corrected chi connectivity index (χ3v) is 5.41. The number of imidazole rings is 1. The van der Waals surface area contributed by atoms with Gasteiger partial charge < -0.3 is 10.6 Å². The minimum Gasteiger partial charge on any atom is -0.314 e. The first-order chi connectivity index (χ1) is 15.6. The van der Waals surface area contributed by atoms with E-state index in [0.717, 1.165) is 47.5 Å². The summed E-state index contributed by atoms with van der Waals surface area (Å²) in [6.45, 7) is 9.05. The van der Waals surface area contributed by atoms with Crippen LogP contribution in [0.5, 0.6) is 0 Å². The average Bonchev–Trinajstić information content (AvgIpc) is 3.12. The van der Waals surface area contributed by atoms with E-state index in [1.54, 1.807) is 12.1 Å². The van der Waals surface area contributed by atoms with Crippen molar-refractivity contribution in [3.63, 3.8) is 0 Å². The number of rotatable bonds is 5. The summed E-state index contributed by atoms with van der Waals surface area (Å²) < 4.78 is 27.2. The zero-order chi connectivity index (χ0) is 23.1. The molecule has 1 atom stereocenters. The summed E-state index contributed by atoms with van der Waals surface area (Å²) in [6.07, 6.45) is 2.51. The van der Waals surface area contributed by atoms with Gasteiger partial charge in [-0.05, 0) is 44.7 Å². The van der Waals surface area contributed by atoms with Crippen LogP contribution in [0.1, 0.15) is 43.3 Å². The van der Waals surface area contributed by atoms with Gasteiger partial charge in [-0.3, -0.25) is 8.96 Å². The van der Waals surface area contributed by atoms with Gasteiger partial charge >= 0.3 is 0 Å². The van der Waals surface area contributed by atoms with E-state index in [4.69, 9.17) is 4.98 Å².